The molecule has 1 aromatic carbocycles. The number of hydrogen-bond donors (Lipinski definition) is 0. The van der Waals surface area contributed by atoms with E-state index in [-0.39, 0.29) is 17.3 Å². The van der Waals surface area contributed by atoms with Gasteiger partial charge in [0, 0.05) is 26.2 Å². The van der Waals surface area contributed by atoms with Crippen molar-refractivity contribution >= 4 is 5.91 Å². The quantitative estimate of drug-likeness (QED) is 0.846. The van der Waals surface area contributed by atoms with E-state index < -0.39 is 0 Å². The van der Waals surface area contributed by atoms with Crippen molar-refractivity contribution in [2.24, 2.45) is 0 Å². The van der Waals surface area contributed by atoms with E-state index in [4.69, 9.17) is 9.15 Å². The molecule has 0 unspecified atom stereocenters. The number of hydrogen-bond acceptors (Lipinski definition) is 4. The molecule has 5 nitrogen and oxygen atoms in total. The Hall–Kier alpha value is -2.18. The van der Waals surface area contributed by atoms with Crippen molar-refractivity contribution in [2.75, 3.05) is 32.8 Å². The molecule has 1 atom stereocenters. The summed E-state index contributed by atoms with van der Waals surface area (Å²) >= 11 is 0. The van der Waals surface area contributed by atoms with E-state index in [9.17, 15) is 9.18 Å². The Morgan fingerprint density at radius 1 is 1.15 bits per heavy atom. The minimum absolute atomic E-state index is 0.0756. The van der Waals surface area contributed by atoms with Crippen LogP contribution in [0.5, 0.6) is 0 Å². The zero-order valence-electron chi connectivity index (χ0n) is 14.7. The van der Waals surface area contributed by atoms with Gasteiger partial charge in [-0.05, 0) is 42.7 Å². The summed E-state index contributed by atoms with van der Waals surface area (Å²) in [6.07, 6.45) is 3.38. The zero-order valence-corrected chi connectivity index (χ0v) is 14.7. The van der Waals surface area contributed by atoms with Gasteiger partial charge in [0.1, 0.15) is 5.82 Å². The third-order valence-electron chi connectivity index (χ3n) is 5.21. The van der Waals surface area contributed by atoms with Crippen molar-refractivity contribution in [1.82, 2.24) is 9.80 Å². The van der Waals surface area contributed by atoms with Gasteiger partial charge in [0.05, 0.1) is 25.0 Å². The first-order valence-corrected chi connectivity index (χ1v) is 9.07. The molecule has 2 aromatic rings. The van der Waals surface area contributed by atoms with Crippen LogP contribution in [-0.2, 0) is 11.3 Å². The highest BCUT2D eigenvalue weighted by molar-refractivity contribution is 5.91. The Balaban J connectivity index is 1.43. The Morgan fingerprint density at radius 2 is 2.00 bits per heavy atom. The molecule has 0 aliphatic carbocycles. The van der Waals surface area contributed by atoms with Crippen molar-refractivity contribution in [3.8, 4) is 0 Å². The zero-order chi connectivity index (χ0) is 18.0. The first kappa shape index (κ1) is 17.2. The minimum atomic E-state index is -0.335. The SMILES string of the molecule is O=C(c1ccco1)N1CCC[C@]2(CN(Cc3ccc(F)cc3)CCO2)C1. The predicted molar refractivity (Wildman–Crippen MR) is 94.2 cm³/mol. The molecule has 0 N–H and O–H groups in total. The van der Waals surface area contributed by atoms with Gasteiger partial charge in [0.15, 0.2) is 5.76 Å². The number of carbonyl (C=O) groups is 1. The summed E-state index contributed by atoms with van der Waals surface area (Å²) in [4.78, 5) is 16.8. The summed E-state index contributed by atoms with van der Waals surface area (Å²) in [6, 6.07) is 10.1. The van der Waals surface area contributed by atoms with Gasteiger partial charge in [-0.25, -0.2) is 4.39 Å². The number of carbonyl (C=O) groups excluding carboxylic acids is 1. The topological polar surface area (TPSA) is 45.9 Å². The van der Waals surface area contributed by atoms with Crippen LogP contribution in [0.1, 0.15) is 29.0 Å². The minimum Gasteiger partial charge on any atom is -0.459 e. The molecule has 2 aliphatic heterocycles. The summed E-state index contributed by atoms with van der Waals surface area (Å²) in [5, 5.41) is 0. The van der Waals surface area contributed by atoms with Crippen LogP contribution in [-0.4, -0.2) is 54.1 Å². The van der Waals surface area contributed by atoms with Gasteiger partial charge in [-0.15, -0.1) is 0 Å². The maximum Gasteiger partial charge on any atom is 0.289 e. The van der Waals surface area contributed by atoms with E-state index in [1.807, 2.05) is 17.0 Å². The number of piperidine rings is 1. The molecule has 0 radical (unpaired) electrons. The molecule has 2 fully saturated rings. The summed E-state index contributed by atoms with van der Waals surface area (Å²) in [6.45, 7) is 4.31. The van der Waals surface area contributed by atoms with Crippen molar-refractivity contribution < 1.29 is 18.3 Å². The highest BCUT2D eigenvalue weighted by Crippen LogP contribution is 2.30. The first-order valence-electron chi connectivity index (χ1n) is 9.07. The molecule has 26 heavy (non-hydrogen) atoms. The van der Waals surface area contributed by atoms with Gasteiger partial charge in [-0.2, -0.15) is 0 Å². The lowest BCUT2D eigenvalue weighted by Crippen LogP contribution is -2.60. The summed E-state index contributed by atoms with van der Waals surface area (Å²) < 4.78 is 24.5. The molecule has 1 amide bonds. The Kier molecular flexibility index (Phi) is 4.78. The third-order valence-corrected chi connectivity index (χ3v) is 5.21. The van der Waals surface area contributed by atoms with Gasteiger partial charge in [0.25, 0.3) is 5.91 Å². The second kappa shape index (κ2) is 7.21. The van der Waals surface area contributed by atoms with Gasteiger partial charge in [-0.3, -0.25) is 9.69 Å². The van der Waals surface area contributed by atoms with Crippen LogP contribution in [0.25, 0.3) is 0 Å². The smallest absolute Gasteiger partial charge is 0.289 e. The van der Waals surface area contributed by atoms with Crippen molar-refractivity contribution in [2.45, 2.75) is 25.0 Å². The number of amides is 1. The average Bonchev–Trinajstić information content (AvgIpc) is 3.18. The normalized spacial score (nSPS) is 24.1. The van der Waals surface area contributed by atoms with E-state index in [1.54, 1.807) is 12.1 Å². The molecular weight excluding hydrogens is 335 g/mol. The lowest BCUT2D eigenvalue weighted by molar-refractivity contribution is -0.136. The molecule has 3 heterocycles. The standard InChI is InChI=1S/C20H23FN2O3/c21-17-6-4-16(5-7-17)13-22-10-12-26-20(14-22)8-2-9-23(15-20)19(24)18-3-1-11-25-18/h1,3-7,11H,2,8-10,12-15H2/t20-/m0/s1. The molecule has 2 saturated heterocycles. The predicted octanol–water partition coefficient (Wildman–Crippen LogP) is 2.93. The summed E-state index contributed by atoms with van der Waals surface area (Å²) in [7, 11) is 0. The number of likely N-dealkylation sites (tertiary alicyclic amines) is 1. The van der Waals surface area contributed by atoms with Crippen LogP contribution >= 0.6 is 0 Å². The van der Waals surface area contributed by atoms with Crippen molar-refractivity contribution in [3.63, 3.8) is 0 Å². The molecule has 1 spiro atoms. The first-order chi connectivity index (χ1) is 12.6. The number of ether oxygens (including phenoxy) is 1. The summed E-state index contributed by atoms with van der Waals surface area (Å²) in [5.41, 5.74) is 0.751. The largest absolute Gasteiger partial charge is 0.459 e. The van der Waals surface area contributed by atoms with Crippen LogP contribution in [0.15, 0.2) is 47.1 Å². The molecule has 138 valence electrons. The van der Waals surface area contributed by atoms with Gasteiger partial charge >= 0.3 is 0 Å². The van der Waals surface area contributed by atoms with Gasteiger partial charge in [0.2, 0.25) is 0 Å². The van der Waals surface area contributed by atoms with E-state index >= 15 is 0 Å². The Bertz CT molecular complexity index is 743. The molecule has 0 saturated carbocycles. The monoisotopic (exact) mass is 358 g/mol. The van der Waals surface area contributed by atoms with E-state index in [2.05, 4.69) is 4.90 Å². The Morgan fingerprint density at radius 3 is 2.77 bits per heavy atom. The molecule has 6 heteroatoms. The van der Waals surface area contributed by atoms with E-state index in [1.165, 1.54) is 18.4 Å². The number of furan rings is 1. The molecule has 0 bridgehead atoms. The van der Waals surface area contributed by atoms with Crippen LogP contribution in [0.2, 0.25) is 0 Å². The van der Waals surface area contributed by atoms with Crippen molar-refractivity contribution in [3.05, 3.63) is 59.8 Å². The summed E-state index contributed by atoms with van der Waals surface area (Å²) in [5.74, 6) is 0.0842. The van der Waals surface area contributed by atoms with Crippen LogP contribution < -0.4 is 0 Å². The maximum absolute atomic E-state index is 13.1. The number of rotatable bonds is 3. The molecule has 4 rings (SSSR count). The fourth-order valence-electron chi connectivity index (χ4n) is 3.98. The fraction of sp³-hybridized carbons (Fsp3) is 0.450. The lowest BCUT2D eigenvalue weighted by Gasteiger charge is -2.48. The van der Waals surface area contributed by atoms with Crippen LogP contribution in [0.3, 0.4) is 0 Å². The second-order valence-electron chi connectivity index (χ2n) is 7.18. The highest BCUT2D eigenvalue weighted by atomic mass is 19.1. The fourth-order valence-corrected chi connectivity index (χ4v) is 3.98. The number of morpholine rings is 1. The third kappa shape index (κ3) is 3.66. The number of benzene rings is 1. The molecular formula is C20H23FN2O3. The van der Waals surface area contributed by atoms with Gasteiger partial charge < -0.3 is 14.1 Å². The van der Waals surface area contributed by atoms with E-state index in [0.29, 0.717) is 18.9 Å². The lowest BCUT2D eigenvalue weighted by atomic mass is 9.90. The maximum atomic E-state index is 13.1. The molecule has 1 aromatic heterocycles. The highest BCUT2D eigenvalue weighted by Gasteiger charge is 2.42. The van der Waals surface area contributed by atoms with E-state index in [0.717, 1.165) is 44.6 Å². The second-order valence-corrected chi connectivity index (χ2v) is 7.18. The van der Waals surface area contributed by atoms with Crippen LogP contribution in [0, 0.1) is 5.82 Å². The number of halogens is 1. The average molecular weight is 358 g/mol. The number of nitrogens with zero attached hydrogens (tertiary/aromatic N) is 2. The van der Waals surface area contributed by atoms with Gasteiger partial charge in [-0.1, -0.05) is 12.1 Å². The Labute approximate surface area is 152 Å². The molecule has 2 aliphatic rings. The van der Waals surface area contributed by atoms with Crippen molar-refractivity contribution in [1.29, 1.82) is 0 Å². The van der Waals surface area contributed by atoms with Crippen LogP contribution in [0.4, 0.5) is 4.39 Å².